The van der Waals surface area contributed by atoms with Crippen molar-refractivity contribution in [2.24, 2.45) is 0 Å². The summed E-state index contributed by atoms with van der Waals surface area (Å²) in [6, 6.07) is 4.84. The molecule has 0 aromatic heterocycles. The molecule has 0 aliphatic carbocycles. The number of nitrogens with one attached hydrogen (secondary N) is 1. The maximum atomic E-state index is 11.2. The maximum absolute atomic E-state index is 11.2. The monoisotopic (exact) mass is 275 g/mol. The molecule has 0 heterocycles. The molecule has 2 unspecified atom stereocenters. The van der Waals surface area contributed by atoms with E-state index in [0.717, 1.165) is 0 Å². The van der Waals surface area contributed by atoms with E-state index < -0.39 is 16.8 Å². The normalized spacial score (nSPS) is 14.1. The average molecular weight is 276 g/mol. The summed E-state index contributed by atoms with van der Waals surface area (Å²) in [6.07, 6.45) is 1.61. The molecule has 0 aliphatic rings. The number of carbonyl (C=O) groups is 1. The maximum Gasteiger partial charge on any atom is 0.339 e. The number of anilines is 1. The van der Waals surface area contributed by atoms with Crippen molar-refractivity contribution in [1.82, 2.24) is 0 Å². The summed E-state index contributed by atoms with van der Waals surface area (Å²) in [5.41, 5.74) is 0.491. The van der Waals surface area contributed by atoms with Crippen molar-refractivity contribution in [3.8, 4) is 0 Å². The number of aromatic carboxylic acids is 1. The van der Waals surface area contributed by atoms with E-state index >= 15 is 0 Å². The predicted molar refractivity (Wildman–Crippen MR) is 70.4 cm³/mol. The first-order valence-corrected chi connectivity index (χ1v) is 7.01. The minimum Gasteiger partial charge on any atom is -0.478 e. The molecule has 2 atom stereocenters. The summed E-state index contributed by atoms with van der Waals surface area (Å²) in [5, 5.41) is 12.1. The highest BCUT2D eigenvalue weighted by Gasteiger charge is 2.15. The SMILES string of the molecule is CC(CNc1cccc(Cl)c1C(=O)O)S(C)=O. The number of carboxylic acid groups (broad SMARTS) is 1. The van der Waals surface area contributed by atoms with E-state index in [1.54, 1.807) is 18.4 Å². The molecule has 1 aromatic carbocycles. The first kappa shape index (κ1) is 14.0. The summed E-state index contributed by atoms with van der Waals surface area (Å²) in [6.45, 7) is 2.26. The van der Waals surface area contributed by atoms with E-state index in [0.29, 0.717) is 12.2 Å². The fourth-order valence-corrected chi connectivity index (χ4v) is 1.83. The zero-order chi connectivity index (χ0) is 13.0. The van der Waals surface area contributed by atoms with Crippen molar-refractivity contribution in [3.05, 3.63) is 28.8 Å². The second-order valence-electron chi connectivity index (χ2n) is 3.66. The van der Waals surface area contributed by atoms with Crippen LogP contribution in [-0.4, -0.2) is 33.3 Å². The number of carboxylic acids is 1. The van der Waals surface area contributed by atoms with E-state index in [9.17, 15) is 9.00 Å². The molecule has 94 valence electrons. The Balaban J connectivity index is 2.88. The van der Waals surface area contributed by atoms with Gasteiger partial charge in [0, 0.05) is 28.9 Å². The van der Waals surface area contributed by atoms with Crippen LogP contribution in [0.2, 0.25) is 5.02 Å². The molecule has 17 heavy (non-hydrogen) atoms. The largest absolute Gasteiger partial charge is 0.478 e. The lowest BCUT2D eigenvalue weighted by Crippen LogP contribution is -2.21. The van der Waals surface area contributed by atoms with Crippen LogP contribution in [0.15, 0.2) is 18.2 Å². The molecule has 0 aliphatic heterocycles. The highest BCUT2D eigenvalue weighted by molar-refractivity contribution is 7.84. The Morgan fingerprint density at radius 3 is 2.76 bits per heavy atom. The summed E-state index contributed by atoms with van der Waals surface area (Å²) in [5.74, 6) is -1.08. The van der Waals surface area contributed by atoms with Gasteiger partial charge in [-0.3, -0.25) is 4.21 Å². The Hall–Kier alpha value is -1.07. The molecule has 4 nitrogen and oxygen atoms in total. The molecular weight excluding hydrogens is 262 g/mol. The van der Waals surface area contributed by atoms with Gasteiger partial charge in [-0.15, -0.1) is 0 Å². The van der Waals surface area contributed by atoms with Crippen LogP contribution < -0.4 is 5.32 Å². The molecule has 1 aromatic rings. The van der Waals surface area contributed by atoms with E-state index in [1.807, 2.05) is 6.92 Å². The molecular formula is C11H14ClNO3S. The highest BCUT2D eigenvalue weighted by atomic mass is 35.5. The third-order valence-corrected chi connectivity index (χ3v) is 3.99. The number of hydrogen-bond acceptors (Lipinski definition) is 3. The Morgan fingerprint density at radius 1 is 1.59 bits per heavy atom. The van der Waals surface area contributed by atoms with Crippen molar-refractivity contribution >= 4 is 34.1 Å². The van der Waals surface area contributed by atoms with Gasteiger partial charge < -0.3 is 10.4 Å². The van der Waals surface area contributed by atoms with Crippen LogP contribution in [0.5, 0.6) is 0 Å². The van der Waals surface area contributed by atoms with E-state index in [2.05, 4.69) is 5.32 Å². The number of benzene rings is 1. The zero-order valence-corrected chi connectivity index (χ0v) is 11.1. The molecule has 0 bridgehead atoms. The van der Waals surface area contributed by atoms with Gasteiger partial charge in [0.2, 0.25) is 0 Å². The lowest BCUT2D eigenvalue weighted by molar-refractivity contribution is 0.0698. The smallest absolute Gasteiger partial charge is 0.339 e. The van der Waals surface area contributed by atoms with Crippen molar-refractivity contribution in [2.45, 2.75) is 12.2 Å². The minimum absolute atomic E-state index is 0.0447. The standard InChI is InChI=1S/C11H14ClNO3S/c1-7(17(2)16)6-13-9-5-3-4-8(12)10(9)11(14)15/h3-5,7,13H,6H2,1-2H3,(H,14,15). The van der Waals surface area contributed by atoms with Gasteiger partial charge in [-0.05, 0) is 19.1 Å². The average Bonchev–Trinajstić information content (AvgIpc) is 2.24. The quantitative estimate of drug-likeness (QED) is 0.865. The van der Waals surface area contributed by atoms with E-state index in [4.69, 9.17) is 16.7 Å². The zero-order valence-electron chi connectivity index (χ0n) is 9.57. The van der Waals surface area contributed by atoms with Crippen LogP contribution in [0, 0.1) is 0 Å². The van der Waals surface area contributed by atoms with Gasteiger partial charge in [0.1, 0.15) is 5.56 Å². The summed E-state index contributed by atoms with van der Waals surface area (Å²) >= 11 is 5.82. The van der Waals surface area contributed by atoms with Crippen molar-refractivity contribution in [1.29, 1.82) is 0 Å². The minimum atomic E-state index is -1.08. The molecule has 0 radical (unpaired) electrons. The van der Waals surface area contributed by atoms with Gasteiger partial charge in [-0.25, -0.2) is 4.79 Å². The van der Waals surface area contributed by atoms with Crippen LogP contribution in [0.1, 0.15) is 17.3 Å². The Morgan fingerprint density at radius 2 is 2.24 bits per heavy atom. The topological polar surface area (TPSA) is 66.4 Å². The van der Waals surface area contributed by atoms with Crippen LogP contribution in [0.4, 0.5) is 5.69 Å². The highest BCUT2D eigenvalue weighted by Crippen LogP contribution is 2.24. The molecule has 0 spiro atoms. The van der Waals surface area contributed by atoms with Gasteiger partial charge >= 0.3 is 5.97 Å². The van der Waals surface area contributed by atoms with Gasteiger partial charge in [-0.2, -0.15) is 0 Å². The van der Waals surface area contributed by atoms with Gasteiger partial charge in [-0.1, -0.05) is 17.7 Å². The van der Waals surface area contributed by atoms with Crippen molar-refractivity contribution in [3.63, 3.8) is 0 Å². The lowest BCUT2D eigenvalue weighted by Gasteiger charge is -2.13. The Labute approximate surface area is 107 Å². The van der Waals surface area contributed by atoms with Gasteiger partial charge in [0.25, 0.3) is 0 Å². The van der Waals surface area contributed by atoms with Crippen LogP contribution in [0.3, 0.4) is 0 Å². The van der Waals surface area contributed by atoms with Gasteiger partial charge in [0.15, 0.2) is 0 Å². The third-order valence-electron chi connectivity index (χ3n) is 2.37. The number of hydrogen-bond donors (Lipinski definition) is 2. The summed E-state index contributed by atoms with van der Waals surface area (Å²) in [4.78, 5) is 11.0. The molecule has 0 saturated carbocycles. The van der Waals surface area contributed by atoms with Crippen LogP contribution >= 0.6 is 11.6 Å². The fraction of sp³-hybridized carbons (Fsp3) is 0.364. The van der Waals surface area contributed by atoms with Crippen molar-refractivity contribution < 1.29 is 14.1 Å². The van der Waals surface area contributed by atoms with Crippen molar-refractivity contribution in [2.75, 3.05) is 18.1 Å². The molecule has 0 saturated heterocycles. The first-order valence-electron chi connectivity index (χ1n) is 5.01. The Bertz CT molecular complexity index is 450. The Kier molecular flexibility index (Phi) is 4.96. The third kappa shape index (κ3) is 3.71. The number of rotatable bonds is 5. The summed E-state index contributed by atoms with van der Waals surface area (Å²) < 4.78 is 11.2. The van der Waals surface area contributed by atoms with Gasteiger partial charge in [0.05, 0.1) is 10.7 Å². The van der Waals surface area contributed by atoms with E-state index in [1.165, 1.54) is 6.07 Å². The fourth-order valence-electron chi connectivity index (χ4n) is 1.26. The molecule has 6 heteroatoms. The molecule has 0 fully saturated rings. The van der Waals surface area contributed by atoms with Crippen LogP contribution in [0.25, 0.3) is 0 Å². The molecule has 1 rings (SSSR count). The van der Waals surface area contributed by atoms with Crippen LogP contribution in [-0.2, 0) is 10.8 Å². The molecule has 0 amide bonds. The predicted octanol–water partition coefficient (Wildman–Crippen LogP) is 2.22. The lowest BCUT2D eigenvalue weighted by atomic mass is 10.1. The molecule has 2 N–H and O–H groups in total. The second kappa shape index (κ2) is 6.02. The first-order chi connectivity index (χ1) is 7.93. The van der Waals surface area contributed by atoms with E-state index in [-0.39, 0.29) is 15.8 Å². The second-order valence-corrected chi connectivity index (χ2v) is 5.87. The summed E-state index contributed by atoms with van der Waals surface area (Å²) in [7, 11) is -0.950. The number of halogens is 1.